The minimum Gasteiger partial charge on any atom is -0.326 e. The average molecular weight is 382 g/mol. The van der Waals surface area contributed by atoms with Crippen molar-refractivity contribution in [3.63, 3.8) is 0 Å². The predicted molar refractivity (Wildman–Crippen MR) is 101 cm³/mol. The molecule has 3 heterocycles. The Morgan fingerprint density at radius 1 is 1.32 bits per heavy atom. The van der Waals surface area contributed by atoms with Crippen molar-refractivity contribution >= 4 is 23.5 Å². The molecule has 2 aliphatic rings. The number of benzene rings is 1. The van der Waals surface area contributed by atoms with Gasteiger partial charge in [-0.1, -0.05) is 12.1 Å². The van der Waals surface area contributed by atoms with Gasteiger partial charge >= 0.3 is 6.03 Å². The first-order valence-corrected chi connectivity index (χ1v) is 9.11. The third kappa shape index (κ3) is 3.13. The molecule has 0 bridgehead atoms. The van der Waals surface area contributed by atoms with Gasteiger partial charge in [-0.3, -0.25) is 19.6 Å². The van der Waals surface area contributed by atoms with Crippen molar-refractivity contribution in [2.45, 2.75) is 18.4 Å². The highest BCUT2D eigenvalue weighted by Gasteiger charge is 2.43. The summed E-state index contributed by atoms with van der Waals surface area (Å²) in [5.74, 6) is -0.689. The van der Waals surface area contributed by atoms with Gasteiger partial charge in [-0.2, -0.15) is 5.10 Å². The largest absolute Gasteiger partial charge is 0.326 e. The molecule has 9 nitrogen and oxygen atoms in total. The van der Waals surface area contributed by atoms with E-state index in [4.69, 9.17) is 0 Å². The summed E-state index contributed by atoms with van der Waals surface area (Å²) in [6.45, 7) is 2.93. The average Bonchev–Trinajstić information content (AvgIpc) is 3.35. The molecule has 9 heteroatoms. The summed E-state index contributed by atoms with van der Waals surface area (Å²) in [5.41, 5.74) is 1.04. The number of anilines is 1. The monoisotopic (exact) mass is 382 g/mol. The Morgan fingerprint density at radius 2 is 2.14 bits per heavy atom. The Hall–Kier alpha value is -3.20. The number of aryl methyl sites for hydroxylation is 1. The third-order valence-electron chi connectivity index (χ3n) is 5.46. The number of imide groups is 1. The van der Waals surface area contributed by atoms with Crippen LogP contribution in [-0.2, 0) is 22.2 Å². The summed E-state index contributed by atoms with van der Waals surface area (Å²) in [4.78, 5) is 36.6. The van der Waals surface area contributed by atoms with Crippen LogP contribution in [0, 0.1) is 5.92 Å². The molecule has 1 aromatic heterocycles. The zero-order valence-corrected chi connectivity index (χ0v) is 15.7. The molecule has 4 rings (SSSR count). The van der Waals surface area contributed by atoms with Gasteiger partial charge in [0.15, 0.2) is 0 Å². The number of aromatic nitrogens is 2. The van der Waals surface area contributed by atoms with Crippen LogP contribution in [0.25, 0.3) is 0 Å². The predicted octanol–water partition coefficient (Wildman–Crippen LogP) is 0.416. The van der Waals surface area contributed by atoms with E-state index in [9.17, 15) is 14.4 Å². The van der Waals surface area contributed by atoms with E-state index in [0.29, 0.717) is 24.3 Å². The second-order valence-corrected chi connectivity index (χ2v) is 7.42. The summed E-state index contributed by atoms with van der Waals surface area (Å²) in [6, 6.07) is 6.44. The molecule has 3 atom stereocenters. The van der Waals surface area contributed by atoms with Gasteiger partial charge in [-0.05, 0) is 30.2 Å². The minimum atomic E-state index is -1.16. The van der Waals surface area contributed by atoms with Crippen molar-refractivity contribution in [2.75, 3.05) is 18.4 Å². The maximum Gasteiger partial charge on any atom is 0.322 e. The Bertz CT molecular complexity index is 955. The van der Waals surface area contributed by atoms with Crippen LogP contribution in [0.4, 0.5) is 10.5 Å². The van der Waals surface area contributed by atoms with E-state index in [-0.39, 0.29) is 17.7 Å². The van der Waals surface area contributed by atoms with E-state index >= 15 is 0 Å². The second kappa shape index (κ2) is 6.75. The molecule has 4 amide bonds. The number of carbonyl (C=O) groups is 3. The molecule has 0 aliphatic carbocycles. The van der Waals surface area contributed by atoms with Crippen LogP contribution in [0.2, 0.25) is 0 Å². The van der Waals surface area contributed by atoms with Crippen molar-refractivity contribution < 1.29 is 14.4 Å². The van der Waals surface area contributed by atoms with Gasteiger partial charge in [-0.15, -0.1) is 0 Å². The van der Waals surface area contributed by atoms with Gasteiger partial charge < -0.3 is 16.0 Å². The lowest BCUT2D eigenvalue weighted by atomic mass is 9.89. The molecule has 146 valence electrons. The molecule has 4 N–H and O–H groups in total. The molecule has 0 saturated carbocycles. The topological polar surface area (TPSA) is 117 Å². The van der Waals surface area contributed by atoms with Crippen LogP contribution in [0.5, 0.6) is 0 Å². The molecule has 2 aromatic rings. The van der Waals surface area contributed by atoms with Crippen molar-refractivity contribution in [1.29, 1.82) is 0 Å². The highest BCUT2D eigenvalue weighted by atomic mass is 16.2. The van der Waals surface area contributed by atoms with E-state index < -0.39 is 17.5 Å². The smallest absolute Gasteiger partial charge is 0.322 e. The van der Waals surface area contributed by atoms with Gasteiger partial charge in [0.25, 0.3) is 5.91 Å². The zero-order valence-electron chi connectivity index (χ0n) is 15.7. The number of rotatable bonds is 4. The first-order valence-electron chi connectivity index (χ1n) is 9.11. The molecule has 1 unspecified atom stereocenters. The van der Waals surface area contributed by atoms with Gasteiger partial charge in [0, 0.05) is 37.9 Å². The lowest BCUT2D eigenvalue weighted by Crippen LogP contribution is -2.40. The van der Waals surface area contributed by atoms with Crippen molar-refractivity contribution in [1.82, 2.24) is 25.7 Å². The molecule has 2 fully saturated rings. The second-order valence-electron chi connectivity index (χ2n) is 7.42. The molecule has 28 heavy (non-hydrogen) atoms. The molecule has 2 aliphatic heterocycles. The molecule has 0 spiro atoms. The van der Waals surface area contributed by atoms with Crippen molar-refractivity contribution in [3.8, 4) is 0 Å². The summed E-state index contributed by atoms with van der Waals surface area (Å²) in [7, 11) is 1.85. The van der Waals surface area contributed by atoms with Crippen LogP contribution < -0.4 is 21.3 Å². The maximum atomic E-state index is 12.9. The number of nitrogens with one attached hydrogen (secondary N) is 4. The summed E-state index contributed by atoms with van der Waals surface area (Å²) >= 11 is 0. The number of hydrogen-bond donors (Lipinski definition) is 4. The third-order valence-corrected chi connectivity index (χ3v) is 5.46. The first kappa shape index (κ1) is 18.2. The number of amides is 4. The summed E-state index contributed by atoms with van der Waals surface area (Å²) in [5, 5.41) is 15.3. The summed E-state index contributed by atoms with van der Waals surface area (Å²) < 4.78 is 1.73. The highest BCUT2D eigenvalue weighted by Crippen LogP contribution is 2.30. The SMILES string of the molecule is Cn1cc([C@H]2CNC[C@@H]2C(=O)Nc2cccc(C3(C)NC(=O)NC3=O)c2)cn1. The minimum absolute atomic E-state index is 0.0503. The Labute approximate surface area is 161 Å². The fourth-order valence-electron chi connectivity index (χ4n) is 3.83. The van der Waals surface area contributed by atoms with Gasteiger partial charge in [0.1, 0.15) is 5.54 Å². The van der Waals surface area contributed by atoms with Gasteiger partial charge in [-0.25, -0.2) is 4.79 Å². The van der Waals surface area contributed by atoms with E-state index in [0.717, 1.165) is 5.56 Å². The zero-order chi connectivity index (χ0) is 19.9. The van der Waals surface area contributed by atoms with Crippen LogP contribution in [-0.4, -0.2) is 40.7 Å². The Kier molecular flexibility index (Phi) is 4.38. The van der Waals surface area contributed by atoms with E-state index in [1.54, 1.807) is 42.1 Å². The normalized spacial score (nSPS) is 26.8. The van der Waals surface area contributed by atoms with Crippen molar-refractivity contribution in [2.24, 2.45) is 13.0 Å². The van der Waals surface area contributed by atoms with Gasteiger partial charge in [0.2, 0.25) is 5.91 Å². The van der Waals surface area contributed by atoms with Crippen LogP contribution in [0.3, 0.4) is 0 Å². The van der Waals surface area contributed by atoms with E-state index in [1.165, 1.54) is 0 Å². The quantitative estimate of drug-likeness (QED) is 0.572. The van der Waals surface area contributed by atoms with Gasteiger partial charge in [0.05, 0.1) is 12.1 Å². The number of carbonyl (C=O) groups excluding carboxylic acids is 3. The molecule has 2 saturated heterocycles. The van der Waals surface area contributed by atoms with Crippen LogP contribution >= 0.6 is 0 Å². The van der Waals surface area contributed by atoms with E-state index in [1.807, 2.05) is 13.2 Å². The Morgan fingerprint density at radius 3 is 2.82 bits per heavy atom. The fraction of sp³-hybridized carbons (Fsp3) is 0.368. The van der Waals surface area contributed by atoms with Crippen LogP contribution in [0.1, 0.15) is 24.0 Å². The number of urea groups is 1. The lowest BCUT2D eigenvalue weighted by molar-refractivity contribution is -0.123. The molecule has 1 aromatic carbocycles. The first-order chi connectivity index (χ1) is 13.4. The van der Waals surface area contributed by atoms with E-state index in [2.05, 4.69) is 26.4 Å². The lowest BCUT2D eigenvalue weighted by Gasteiger charge is -2.22. The number of hydrogen-bond acceptors (Lipinski definition) is 5. The van der Waals surface area contributed by atoms with Crippen LogP contribution in [0.15, 0.2) is 36.7 Å². The Balaban J connectivity index is 1.52. The highest BCUT2D eigenvalue weighted by molar-refractivity contribution is 6.07. The molecule has 0 radical (unpaired) electrons. The summed E-state index contributed by atoms with van der Waals surface area (Å²) in [6.07, 6.45) is 3.72. The van der Waals surface area contributed by atoms with Crippen molar-refractivity contribution in [3.05, 3.63) is 47.8 Å². The number of nitrogens with zero attached hydrogens (tertiary/aromatic N) is 2. The maximum absolute atomic E-state index is 12.9. The standard InChI is InChI=1S/C19H22N6O3/c1-19(17(27)23-18(28)24-19)12-4-3-5-13(6-12)22-16(26)15-9-20-8-14(15)11-7-21-25(2)10-11/h3-7,10,14-15,20H,8-9H2,1-2H3,(H,22,26)(H2,23,24,27,28)/t14-,15+,19?/m1/s1. The fourth-order valence-corrected chi connectivity index (χ4v) is 3.83. The molecular formula is C19H22N6O3. The molecular weight excluding hydrogens is 360 g/mol.